The van der Waals surface area contributed by atoms with Crippen LogP contribution >= 0.6 is 0 Å². The Balaban J connectivity index is 2.24. The van der Waals surface area contributed by atoms with E-state index in [1.54, 1.807) is 0 Å². The van der Waals surface area contributed by atoms with Gasteiger partial charge in [0, 0.05) is 32.9 Å². The van der Waals surface area contributed by atoms with Crippen molar-refractivity contribution in [2.75, 3.05) is 6.54 Å². The van der Waals surface area contributed by atoms with Gasteiger partial charge >= 0.3 is 5.69 Å². The van der Waals surface area contributed by atoms with Crippen LogP contribution in [0.5, 0.6) is 0 Å². The lowest BCUT2D eigenvalue weighted by molar-refractivity contribution is 0.510. The summed E-state index contributed by atoms with van der Waals surface area (Å²) in [5.74, 6) is 0.186. The van der Waals surface area contributed by atoms with Crippen molar-refractivity contribution in [1.82, 2.24) is 13.9 Å². The highest BCUT2D eigenvalue weighted by molar-refractivity contribution is 7.89. The fourth-order valence-corrected chi connectivity index (χ4v) is 3.84. The van der Waals surface area contributed by atoms with Gasteiger partial charge in [0.1, 0.15) is 0 Å². The van der Waals surface area contributed by atoms with E-state index in [1.165, 1.54) is 14.1 Å². The van der Waals surface area contributed by atoms with Crippen molar-refractivity contribution in [1.29, 1.82) is 0 Å². The maximum atomic E-state index is 12.2. The minimum Gasteiger partial charge on any atom is -0.328 e. The molecule has 0 saturated heterocycles. The number of nitrogens with one attached hydrogen (secondary N) is 1. The van der Waals surface area contributed by atoms with E-state index in [1.807, 2.05) is 0 Å². The number of hydrogen-bond donors (Lipinski definition) is 2. The second-order valence-electron chi connectivity index (χ2n) is 5.54. The van der Waals surface area contributed by atoms with Crippen LogP contribution in [0.1, 0.15) is 19.3 Å². The summed E-state index contributed by atoms with van der Waals surface area (Å²) in [6.07, 6.45) is 3.57. The standard InChI is InChI=1S/C12H20N4O4S/c1-15-7-10(11(17)16(2)12(15)18)21(19,20)14-6-8-3-4-9(13)5-8/h7-9,14H,3-6,13H2,1-2H3. The molecule has 0 aromatic carbocycles. The van der Waals surface area contributed by atoms with Crippen LogP contribution in [0, 0.1) is 5.92 Å². The average Bonchev–Trinajstić information content (AvgIpc) is 2.84. The number of nitrogens with zero attached hydrogens (tertiary/aromatic N) is 2. The molecule has 2 rings (SSSR count). The molecule has 1 aromatic rings. The number of rotatable bonds is 4. The van der Waals surface area contributed by atoms with Crippen LogP contribution in [0.4, 0.5) is 0 Å². The Morgan fingerprint density at radius 1 is 1.33 bits per heavy atom. The molecule has 8 nitrogen and oxygen atoms in total. The number of hydrogen-bond acceptors (Lipinski definition) is 5. The summed E-state index contributed by atoms with van der Waals surface area (Å²) < 4.78 is 28.8. The molecular formula is C12H20N4O4S. The molecule has 0 bridgehead atoms. The summed E-state index contributed by atoms with van der Waals surface area (Å²) in [7, 11) is -1.29. The van der Waals surface area contributed by atoms with Crippen LogP contribution < -0.4 is 21.7 Å². The summed E-state index contributed by atoms with van der Waals surface area (Å²) in [5, 5.41) is 0. The molecule has 1 heterocycles. The van der Waals surface area contributed by atoms with Gasteiger partial charge in [0.05, 0.1) is 0 Å². The van der Waals surface area contributed by atoms with Crippen molar-refractivity contribution in [3.8, 4) is 0 Å². The molecule has 9 heteroatoms. The molecule has 0 radical (unpaired) electrons. The van der Waals surface area contributed by atoms with Gasteiger partial charge in [0.15, 0.2) is 4.90 Å². The van der Waals surface area contributed by atoms with Crippen LogP contribution in [-0.2, 0) is 24.1 Å². The minimum atomic E-state index is -3.94. The SMILES string of the molecule is Cn1cc(S(=O)(=O)NCC2CCC(N)C2)c(=O)n(C)c1=O. The third-order valence-corrected chi connectivity index (χ3v) is 5.25. The third kappa shape index (κ3) is 3.25. The molecule has 2 atom stereocenters. The van der Waals surface area contributed by atoms with E-state index in [4.69, 9.17) is 5.73 Å². The Morgan fingerprint density at radius 3 is 2.57 bits per heavy atom. The Morgan fingerprint density at radius 2 is 2.00 bits per heavy atom. The van der Waals surface area contributed by atoms with Crippen molar-refractivity contribution in [2.45, 2.75) is 30.2 Å². The highest BCUT2D eigenvalue weighted by Gasteiger charge is 2.26. The zero-order valence-electron chi connectivity index (χ0n) is 12.1. The average molecular weight is 316 g/mol. The molecule has 1 saturated carbocycles. The maximum Gasteiger partial charge on any atom is 0.330 e. The fourth-order valence-electron chi connectivity index (χ4n) is 2.56. The summed E-state index contributed by atoms with van der Waals surface area (Å²) >= 11 is 0. The molecule has 118 valence electrons. The number of sulfonamides is 1. The van der Waals surface area contributed by atoms with Gasteiger partial charge in [-0.15, -0.1) is 0 Å². The van der Waals surface area contributed by atoms with Crippen LogP contribution in [0.15, 0.2) is 20.7 Å². The van der Waals surface area contributed by atoms with Crippen LogP contribution in [0.3, 0.4) is 0 Å². The summed E-state index contributed by atoms with van der Waals surface area (Å²) in [4.78, 5) is 23.1. The molecule has 3 N–H and O–H groups in total. The highest BCUT2D eigenvalue weighted by Crippen LogP contribution is 2.23. The third-order valence-electron chi connectivity index (χ3n) is 3.85. The Kier molecular flexibility index (Phi) is 4.35. The van der Waals surface area contributed by atoms with Gasteiger partial charge in [-0.05, 0) is 25.2 Å². The Hall–Kier alpha value is -1.45. The quantitative estimate of drug-likeness (QED) is 0.700. The maximum absolute atomic E-state index is 12.2. The highest BCUT2D eigenvalue weighted by atomic mass is 32.2. The molecule has 1 aromatic heterocycles. The number of nitrogens with two attached hydrogens (primary N) is 1. The van der Waals surface area contributed by atoms with E-state index in [-0.39, 0.29) is 18.5 Å². The normalized spacial score (nSPS) is 22.6. The zero-order valence-corrected chi connectivity index (χ0v) is 12.9. The van der Waals surface area contributed by atoms with E-state index in [0.29, 0.717) is 0 Å². The van der Waals surface area contributed by atoms with Gasteiger partial charge < -0.3 is 10.3 Å². The first-order valence-corrected chi connectivity index (χ1v) is 8.22. The first-order chi connectivity index (χ1) is 9.72. The van der Waals surface area contributed by atoms with Gasteiger partial charge in [-0.2, -0.15) is 0 Å². The second-order valence-corrected chi connectivity index (χ2v) is 7.28. The van der Waals surface area contributed by atoms with Crippen LogP contribution in [-0.4, -0.2) is 30.1 Å². The molecule has 2 unspecified atom stereocenters. The van der Waals surface area contributed by atoms with E-state index in [2.05, 4.69) is 4.72 Å². The molecule has 21 heavy (non-hydrogen) atoms. The van der Waals surface area contributed by atoms with Gasteiger partial charge in [-0.3, -0.25) is 9.36 Å². The van der Waals surface area contributed by atoms with Crippen molar-refractivity contribution in [3.05, 3.63) is 27.0 Å². The van der Waals surface area contributed by atoms with E-state index in [0.717, 1.165) is 34.6 Å². The van der Waals surface area contributed by atoms with Crippen molar-refractivity contribution in [2.24, 2.45) is 25.7 Å². The van der Waals surface area contributed by atoms with Gasteiger partial charge in [-0.25, -0.2) is 17.9 Å². The predicted octanol–water partition coefficient (Wildman–Crippen LogP) is -1.51. The number of aryl methyl sites for hydroxylation is 1. The van der Waals surface area contributed by atoms with Crippen molar-refractivity contribution >= 4 is 10.0 Å². The van der Waals surface area contributed by atoms with Crippen molar-refractivity contribution in [3.63, 3.8) is 0 Å². The summed E-state index contributed by atoms with van der Waals surface area (Å²) in [6, 6.07) is 0.116. The van der Waals surface area contributed by atoms with Gasteiger partial charge in [-0.1, -0.05) is 0 Å². The monoisotopic (exact) mass is 316 g/mol. The lowest BCUT2D eigenvalue weighted by Gasteiger charge is -2.12. The molecule has 0 amide bonds. The zero-order chi connectivity index (χ0) is 15.8. The Labute approximate surface area is 122 Å². The predicted molar refractivity (Wildman–Crippen MR) is 77.4 cm³/mol. The minimum absolute atomic E-state index is 0.116. The topological polar surface area (TPSA) is 116 Å². The largest absolute Gasteiger partial charge is 0.330 e. The lowest BCUT2D eigenvalue weighted by atomic mass is 10.1. The molecule has 1 aliphatic carbocycles. The van der Waals surface area contributed by atoms with Gasteiger partial charge in [0.2, 0.25) is 10.0 Å². The van der Waals surface area contributed by atoms with E-state index >= 15 is 0 Å². The molecule has 1 aliphatic rings. The van der Waals surface area contributed by atoms with E-state index < -0.39 is 26.2 Å². The van der Waals surface area contributed by atoms with Gasteiger partial charge in [0.25, 0.3) is 5.56 Å². The summed E-state index contributed by atoms with van der Waals surface area (Å²) in [6.45, 7) is 0.252. The fraction of sp³-hybridized carbons (Fsp3) is 0.667. The first-order valence-electron chi connectivity index (χ1n) is 6.74. The molecular weight excluding hydrogens is 296 g/mol. The lowest BCUT2D eigenvalue weighted by Crippen LogP contribution is -2.42. The second kappa shape index (κ2) is 5.74. The molecule has 0 spiro atoms. The smallest absolute Gasteiger partial charge is 0.328 e. The molecule has 1 fully saturated rings. The Bertz CT molecular complexity index is 750. The summed E-state index contributed by atoms with van der Waals surface area (Å²) in [5.41, 5.74) is 4.39. The number of aromatic nitrogens is 2. The van der Waals surface area contributed by atoms with Crippen LogP contribution in [0.2, 0.25) is 0 Å². The van der Waals surface area contributed by atoms with Crippen molar-refractivity contribution < 1.29 is 8.42 Å². The van der Waals surface area contributed by atoms with Crippen LogP contribution in [0.25, 0.3) is 0 Å². The first kappa shape index (κ1) is 15.9. The van der Waals surface area contributed by atoms with E-state index in [9.17, 15) is 18.0 Å². The molecule has 0 aliphatic heterocycles.